The van der Waals surface area contributed by atoms with Crippen LogP contribution in [0.3, 0.4) is 0 Å². The lowest BCUT2D eigenvalue weighted by molar-refractivity contribution is -0.153. The normalized spacial score (nSPS) is 34.5. The SMILES string of the molecule is O=C(CN1CCNCC1)N(Cc1ccc(F)cc1)C12CC3CC(CC(C3)C1)C2. The van der Waals surface area contributed by atoms with Gasteiger partial charge < -0.3 is 10.2 Å². The first-order valence-corrected chi connectivity index (χ1v) is 11.1. The molecule has 4 nitrogen and oxygen atoms in total. The minimum absolute atomic E-state index is 0.0360. The second-order valence-electron chi connectivity index (χ2n) is 9.77. The molecule has 1 amide bonds. The average Bonchev–Trinajstić information content (AvgIpc) is 2.67. The van der Waals surface area contributed by atoms with Gasteiger partial charge in [0.15, 0.2) is 0 Å². The minimum Gasteiger partial charge on any atom is -0.332 e. The molecule has 1 heterocycles. The molecule has 4 bridgehead atoms. The van der Waals surface area contributed by atoms with Gasteiger partial charge >= 0.3 is 0 Å². The first kappa shape index (κ1) is 18.6. The number of nitrogens with zero attached hydrogens (tertiary/aromatic N) is 2. The largest absolute Gasteiger partial charge is 0.332 e. The zero-order valence-electron chi connectivity index (χ0n) is 16.7. The molecular weight excluding hydrogens is 353 g/mol. The maximum absolute atomic E-state index is 13.6. The Bertz CT molecular complexity index is 678. The van der Waals surface area contributed by atoms with Gasteiger partial charge in [0.1, 0.15) is 5.82 Å². The quantitative estimate of drug-likeness (QED) is 0.846. The monoisotopic (exact) mass is 385 g/mol. The Morgan fingerprint density at radius 1 is 1.04 bits per heavy atom. The highest BCUT2D eigenvalue weighted by Crippen LogP contribution is 2.58. The van der Waals surface area contributed by atoms with E-state index >= 15 is 0 Å². The Balaban J connectivity index is 1.40. The van der Waals surface area contributed by atoms with Gasteiger partial charge in [0.25, 0.3) is 0 Å². The van der Waals surface area contributed by atoms with Crippen molar-refractivity contribution in [1.82, 2.24) is 15.1 Å². The third-order valence-electron chi connectivity index (χ3n) is 7.70. The molecule has 0 radical (unpaired) electrons. The lowest BCUT2D eigenvalue weighted by atomic mass is 9.52. The number of halogens is 1. The molecule has 1 aromatic carbocycles. The van der Waals surface area contributed by atoms with E-state index in [9.17, 15) is 9.18 Å². The lowest BCUT2D eigenvalue weighted by Gasteiger charge is -2.60. The van der Waals surface area contributed by atoms with Crippen molar-refractivity contribution in [3.05, 3.63) is 35.6 Å². The van der Waals surface area contributed by atoms with Gasteiger partial charge in [-0.3, -0.25) is 9.69 Å². The molecule has 152 valence electrons. The topological polar surface area (TPSA) is 35.6 Å². The summed E-state index contributed by atoms with van der Waals surface area (Å²) < 4.78 is 13.4. The van der Waals surface area contributed by atoms with Gasteiger partial charge in [-0.15, -0.1) is 0 Å². The summed E-state index contributed by atoms with van der Waals surface area (Å²) >= 11 is 0. The number of amides is 1. The van der Waals surface area contributed by atoms with E-state index in [-0.39, 0.29) is 17.3 Å². The van der Waals surface area contributed by atoms with Gasteiger partial charge in [0.2, 0.25) is 5.91 Å². The van der Waals surface area contributed by atoms with Crippen molar-refractivity contribution < 1.29 is 9.18 Å². The van der Waals surface area contributed by atoms with Crippen LogP contribution >= 0.6 is 0 Å². The van der Waals surface area contributed by atoms with Crippen LogP contribution < -0.4 is 5.32 Å². The molecule has 28 heavy (non-hydrogen) atoms. The zero-order chi connectivity index (χ0) is 19.1. The zero-order valence-corrected chi connectivity index (χ0v) is 16.7. The van der Waals surface area contributed by atoms with Crippen LogP contribution in [0, 0.1) is 23.6 Å². The Labute approximate surface area is 167 Å². The number of benzene rings is 1. The molecule has 0 spiro atoms. The molecule has 1 aromatic rings. The summed E-state index contributed by atoms with van der Waals surface area (Å²) in [5.74, 6) is 2.46. The first-order chi connectivity index (χ1) is 13.6. The van der Waals surface area contributed by atoms with Gasteiger partial charge in [-0.2, -0.15) is 0 Å². The molecule has 6 rings (SSSR count). The number of hydrogen-bond donors (Lipinski definition) is 1. The van der Waals surface area contributed by atoms with Crippen molar-refractivity contribution in [2.24, 2.45) is 17.8 Å². The maximum atomic E-state index is 13.6. The summed E-state index contributed by atoms with van der Waals surface area (Å²) in [5, 5.41) is 3.37. The highest BCUT2D eigenvalue weighted by Gasteiger charge is 2.54. The molecule has 0 unspecified atom stereocenters. The average molecular weight is 386 g/mol. The predicted molar refractivity (Wildman–Crippen MR) is 107 cm³/mol. The number of piperazine rings is 1. The fraction of sp³-hybridized carbons (Fsp3) is 0.696. The Morgan fingerprint density at radius 3 is 2.18 bits per heavy atom. The van der Waals surface area contributed by atoms with Crippen molar-refractivity contribution in [3.8, 4) is 0 Å². The van der Waals surface area contributed by atoms with E-state index in [1.54, 1.807) is 0 Å². The van der Waals surface area contributed by atoms with E-state index in [0.29, 0.717) is 13.1 Å². The molecule has 1 N–H and O–H groups in total. The van der Waals surface area contributed by atoms with Gasteiger partial charge in [0.05, 0.1) is 6.54 Å². The van der Waals surface area contributed by atoms with E-state index in [0.717, 1.165) is 49.5 Å². The smallest absolute Gasteiger partial charge is 0.237 e. The van der Waals surface area contributed by atoms with E-state index in [2.05, 4.69) is 15.1 Å². The fourth-order valence-electron chi connectivity index (χ4n) is 6.83. The third kappa shape index (κ3) is 3.59. The van der Waals surface area contributed by atoms with Crippen LogP contribution in [0.4, 0.5) is 4.39 Å². The van der Waals surface area contributed by atoms with Gasteiger partial charge in [-0.05, 0) is 74.0 Å². The summed E-state index contributed by atoms with van der Waals surface area (Å²) in [7, 11) is 0. The van der Waals surface area contributed by atoms with Crippen molar-refractivity contribution in [3.63, 3.8) is 0 Å². The number of carbonyl (C=O) groups is 1. The standard InChI is InChI=1S/C23H32FN3O/c24-21-3-1-17(2-4-21)15-27(22(28)16-26-7-5-25-6-8-26)23-12-18-9-19(13-23)11-20(10-18)14-23/h1-4,18-20,25H,5-16H2. The second-order valence-corrected chi connectivity index (χ2v) is 9.77. The Hall–Kier alpha value is -1.46. The molecule has 4 saturated carbocycles. The molecule has 0 atom stereocenters. The van der Waals surface area contributed by atoms with Crippen LogP contribution in [0.1, 0.15) is 44.1 Å². The van der Waals surface area contributed by atoms with Crippen molar-refractivity contribution >= 4 is 5.91 Å². The van der Waals surface area contributed by atoms with Crippen LogP contribution in [0.15, 0.2) is 24.3 Å². The molecular formula is C23H32FN3O. The van der Waals surface area contributed by atoms with Crippen LogP contribution in [0.5, 0.6) is 0 Å². The van der Waals surface area contributed by atoms with Gasteiger partial charge in [-0.25, -0.2) is 4.39 Å². The third-order valence-corrected chi connectivity index (χ3v) is 7.70. The molecule has 5 fully saturated rings. The minimum atomic E-state index is -0.211. The molecule has 5 heteroatoms. The molecule has 1 aliphatic heterocycles. The summed E-state index contributed by atoms with van der Waals surface area (Å²) in [4.78, 5) is 18.1. The van der Waals surface area contributed by atoms with Crippen molar-refractivity contribution in [2.75, 3.05) is 32.7 Å². The first-order valence-electron chi connectivity index (χ1n) is 11.1. The highest BCUT2D eigenvalue weighted by molar-refractivity contribution is 5.79. The van der Waals surface area contributed by atoms with Crippen LogP contribution in [-0.2, 0) is 11.3 Å². The van der Waals surface area contributed by atoms with E-state index in [4.69, 9.17) is 0 Å². The summed E-state index contributed by atoms with van der Waals surface area (Å²) in [6.45, 7) is 4.95. The van der Waals surface area contributed by atoms with Crippen LogP contribution in [0.25, 0.3) is 0 Å². The maximum Gasteiger partial charge on any atom is 0.237 e. The summed E-state index contributed by atoms with van der Waals surface area (Å²) in [6.07, 6.45) is 7.63. The fourth-order valence-corrected chi connectivity index (χ4v) is 6.83. The second kappa shape index (κ2) is 7.42. The van der Waals surface area contributed by atoms with Crippen molar-refractivity contribution in [1.29, 1.82) is 0 Å². The Morgan fingerprint density at radius 2 is 1.61 bits per heavy atom. The van der Waals surface area contributed by atoms with E-state index in [1.807, 2.05) is 12.1 Å². The number of nitrogens with one attached hydrogen (secondary N) is 1. The van der Waals surface area contributed by atoms with Gasteiger partial charge in [-0.1, -0.05) is 12.1 Å². The predicted octanol–water partition coefficient (Wildman–Crippen LogP) is 3.03. The number of carbonyl (C=O) groups excluding carboxylic acids is 1. The van der Waals surface area contributed by atoms with E-state index < -0.39 is 0 Å². The van der Waals surface area contributed by atoms with Gasteiger partial charge in [0, 0.05) is 38.3 Å². The molecule has 5 aliphatic rings. The number of hydrogen-bond acceptors (Lipinski definition) is 3. The number of rotatable bonds is 5. The highest BCUT2D eigenvalue weighted by atomic mass is 19.1. The van der Waals surface area contributed by atoms with Crippen LogP contribution in [0.2, 0.25) is 0 Å². The Kier molecular flexibility index (Phi) is 4.92. The lowest BCUT2D eigenvalue weighted by Crippen LogP contribution is -2.62. The van der Waals surface area contributed by atoms with Crippen molar-refractivity contribution in [2.45, 2.75) is 50.6 Å². The van der Waals surface area contributed by atoms with Crippen LogP contribution in [-0.4, -0.2) is 54.0 Å². The van der Waals surface area contributed by atoms with E-state index in [1.165, 1.54) is 50.7 Å². The molecule has 4 aliphatic carbocycles. The summed E-state index contributed by atoms with van der Waals surface area (Å²) in [6, 6.07) is 6.74. The molecule has 1 saturated heterocycles. The summed E-state index contributed by atoms with van der Waals surface area (Å²) in [5.41, 5.74) is 1.08. The molecule has 0 aromatic heterocycles.